The van der Waals surface area contributed by atoms with Gasteiger partial charge in [0.1, 0.15) is 28.3 Å². The summed E-state index contributed by atoms with van der Waals surface area (Å²) in [7, 11) is 1.51. The number of hydrogen-bond donors (Lipinski definition) is 2. The molecule has 3 aromatic rings. The van der Waals surface area contributed by atoms with Gasteiger partial charge in [-0.2, -0.15) is 5.26 Å². The van der Waals surface area contributed by atoms with E-state index in [1.807, 2.05) is 0 Å². The number of aromatic nitrogens is 2. The average molecular weight is 459 g/mol. The molecule has 0 atom stereocenters. The van der Waals surface area contributed by atoms with Crippen LogP contribution in [0.3, 0.4) is 0 Å². The molecule has 0 aromatic carbocycles. The Morgan fingerprint density at radius 1 is 1.42 bits per heavy atom. The van der Waals surface area contributed by atoms with Gasteiger partial charge in [0.2, 0.25) is 5.91 Å². The second-order valence-electron chi connectivity index (χ2n) is 7.02. The van der Waals surface area contributed by atoms with E-state index in [1.54, 1.807) is 0 Å². The molecular formula is C20H18N4O5S2. The lowest BCUT2D eigenvalue weighted by molar-refractivity contribution is -0.116. The summed E-state index contributed by atoms with van der Waals surface area (Å²) >= 11 is 2.46. The molecule has 0 unspecified atom stereocenters. The van der Waals surface area contributed by atoms with E-state index in [1.165, 1.54) is 28.4 Å². The second-order valence-corrected chi connectivity index (χ2v) is 8.98. The van der Waals surface area contributed by atoms with Crippen molar-refractivity contribution >= 4 is 49.8 Å². The van der Waals surface area contributed by atoms with E-state index >= 15 is 0 Å². The SMILES string of the molecule is COCCc1nc2scc(C(=O)O)c2c(=O)n1CC(=O)Nc1sc2c(c1C#N)CCC2. The Hall–Kier alpha value is -3.07. The Kier molecular flexibility index (Phi) is 5.86. The highest BCUT2D eigenvalue weighted by Crippen LogP contribution is 2.38. The number of aromatic carboxylic acids is 1. The van der Waals surface area contributed by atoms with Crippen molar-refractivity contribution in [3.05, 3.63) is 43.1 Å². The molecule has 4 rings (SSSR count). The molecule has 1 aliphatic rings. The summed E-state index contributed by atoms with van der Waals surface area (Å²) in [4.78, 5) is 43.3. The van der Waals surface area contributed by atoms with Crippen LogP contribution in [0.5, 0.6) is 0 Å². The van der Waals surface area contributed by atoms with Gasteiger partial charge >= 0.3 is 5.97 Å². The standard InChI is InChI=1S/C20H18N4O5S2/c1-29-6-5-14-22-18-16(12(9-30-18)20(27)28)19(26)24(14)8-15(25)23-17-11(7-21)10-3-2-4-13(10)31-17/h9H,2-6,8H2,1H3,(H,23,25)(H,27,28). The largest absolute Gasteiger partial charge is 0.478 e. The topological polar surface area (TPSA) is 134 Å². The highest BCUT2D eigenvalue weighted by molar-refractivity contribution is 7.17. The van der Waals surface area contributed by atoms with Crippen LogP contribution in [0.15, 0.2) is 10.2 Å². The number of thiophene rings is 2. The van der Waals surface area contributed by atoms with Gasteiger partial charge in [0.15, 0.2) is 0 Å². The Morgan fingerprint density at radius 3 is 2.94 bits per heavy atom. The van der Waals surface area contributed by atoms with Crippen LogP contribution in [0, 0.1) is 11.3 Å². The van der Waals surface area contributed by atoms with Crippen LogP contribution in [0.4, 0.5) is 5.00 Å². The number of fused-ring (bicyclic) bond motifs is 2. The van der Waals surface area contributed by atoms with Gasteiger partial charge in [-0.3, -0.25) is 14.2 Å². The number of carboxylic acid groups (broad SMARTS) is 1. The lowest BCUT2D eigenvalue weighted by atomic mass is 10.1. The quantitative estimate of drug-likeness (QED) is 0.555. The van der Waals surface area contributed by atoms with Crippen LogP contribution in [-0.2, 0) is 35.3 Å². The Morgan fingerprint density at radius 2 is 2.23 bits per heavy atom. The molecule has 0 spiro atoms. The van der Waals surface area contributed by atoms with E-state index in [-0.39, 0.29) is 30.5 Å². The number of anilines is 1. The van der Waals surface area contributed by atoms with E-state index in [9.17, 15) is 24.8 Å². The number of methoxy groups -OCH3 is 1. The van der Waals surface area contributed by atoms with Crippen molar-refractivity contribution in [1.29, 1.82) is 5.26 Å². The van der Waals surface area contributed by atoms with Crippen LogP contribution in [-0.4, -0.2) is 40.3 Å². The van der Waals surface area contributed by atoms with E-state index in [2.05, 4.69) is 16.4 Å². The zero-order valence-electron chi connectivity index (χ0n) is 16.6. The summed E-state index contributed by atoms with van der Waals surface area (Å²) < 4.78 is 6.26. The molecule has 3 aromatic heterocycles. The zero-order chi connectivity index (χ0) is 22.1. The van der Waals surface area contributed by atoms with Gasteiger partial charge < -0.3 is 15.2 Å². The van der Waals surface area contributed by atoms with Crippen molar-refractivity contribution in [2.24, 2.45) is 0 Å². The number of carbonyl (C=O) groups is 2. The molecule has 3 heterocycles. The number of nitrogens with one attached hydrogen (secondary N) is 1. The zero-order valence-corrected chi connectivity index (χ0v) is 18.2. The molecular weight excluding hydrogens is 440 g/mol. The molecule has 1 amide bonds. The predicted octanol–water partition coefficient (Wildman–Crippen LogP) is 2.41. The molecule has 0 bridgehead atoms. The van der Waals surface area contributed by atoms with Crippen molar-refractivity contribution in [3.63, 3.8) is 0 Å². The fourth-order valence-electron chi connectivity index (χ4n) is 3.69. The second kappa shape index (κ2) is 8.58. The highest BCUT2D eigenvalue weighted by Gasteiger charge is 2.24. The summed E-state index contributed by atoms with van der Waals surface area (Å²) in [5, 5.41) is 23.5. The maximum atomic E-state index is 13.1. The minimum Gasteiger partial charge on any atom is -0.478 e. The monoisotopic (exact) mass is 458 g/mol. The van der Waals surface area contributed by atoms with E-state index in [4.69, 9.17) is 4.74 Å². The van der Waals surface area contributed by atoms with Crippen LogP contribution in [0.2, 0.25) is 0 Å². The first-order valence-corrected chi connectivity index (χ1v) is 11.2. The molecule has 0 saturated heterocycles. The number of nitriles is 1. The van der Waals surface area contributed by atoms with E-state index < -0.39 is 17.4 Å². The molecule has 0 aliphatic heterocycles. The lowest BCUT2D eigenvalue weighted by Crippen LogP contribution is -2.32. The van der Waals surface area contributed by atoms with E-state index in [0.29, 0.717) is 21.2 Å². The number of hydrogen-bond acceptors (Lipinski definition) is 8. The summed E-state index contributed by atoms with van der Waals surface area (Å²) in [6.07, 6.45) is 3.00. The Balaban J connectivity index is 1.69. The average Bonchev–Trinajstić information content (AvgIpc) is 3.43. The minimum atomic E-state index is -1.22. The van der Waals surface area contributed by atoms with Crippen molar-refractivity contribution in [1.82, 2.24) is 9.55 Å². The molecule has 2 N–H and O–H groups in total. The highest BCUT2D eigenvalue weighted by atomic mass is 32.1. The van der Waals surface area contributed by atoms with Gasteiger partial charge in [0.05, 0.1) is 23.1 Å². The first-order valence-electron chi connectivity index (χ1n) is 9.52. The van der Waals surface area contributed by atoms with Gasteiger partial charge in [-0.05, 0) is 24.8 Å². The third-order valence-electron chi connectivity index (χ3n) is 5.12. The Labute approximate surface area is 184 Å². The third kappa shape index (κ3) is 3.85. The molecule has 160 valence electrons. The fraction of sp³-hybridized carbons (Fsp3) is 0.350. The summed E-state index contributed by atoms with van der Waals surface area (Å²) in [6.45, 7) is -0.0594. The third-order valence-corrected chi connectivity index (χ3v) is 7.20. The number of carbonyl (C=O) groups excluding carboxylic acids is 1. The van der Waals surface area contributed by atoms with Crippen LogP contribution in [0.25, 0.3) is 10.2 Å². The van der Waals surface area contributed by atoms with Gasteiger partial charge in [0.25, 0.3) is 5.56 Å². The fourth-order valence-corrected chi connectivity index (χ4v) is 5.87. The van der Waals surface area contributed by atoms with Gasteiger partial charge in [-0.1, -0.05) is 0 Å². The van der Waals surface area contributed by atoms with Crippen molar-refractivity contribution in [2.75, 3.05) is 19.0 Å². The molecule has 31 heavy (non-hydrogen) atoms. The number of ether oxygens (including phenoxy) is 1. The smallest absolute Gasteiger partial charge is 0.337 e. The van der Waals surface area contributed by atoms with Crippen molar-refractivity contribution in [2.45, 2.75) is 32.2 Å². The van der Waals surface area contributed by atoms with Crippen molar-refractivity contribution < 1.29 is 19.4 Å². The lowest BCUT2D eigenvalue weighted by Gasteiger charge is -2.12. The molecule has 11 heteroatoms. The molecule has 1 aliphatic carbocycles. The van der Waals surface area contributed by atoms with Crippen molar-refractivity contribution in [3.8, 4) is 6.07 Å². The number of aryl methyl sites for hydroxylation is 1. The van der Waals surface area contributed by atoms with E-state index in [0.717, 1.165) is 41.0 Å². The molecule has 9 nitrogen and oxygen atoms in total. The Bertz CT molecular complexity index is 1300. The van der Waals surface area contributed by atoms with Crippen LogP contribution in [0.1, 0.15) is 38.6 Å². The van der Waals surface area contributed by atoms with Crippen LogP contribution < -0.4 is 10.9 Å². The number of carboxylic acids is 1. The maximum Gasteiger partial charge on any atom is 0.337 e. The number of amides is 1. The van der Waals surface area contributed by atoms with Gasteiger partial charge in [-0.25, -0.2) is 9.78 Å². The number of rotatable bonds is 7. The molecule has 0 fully saturated rings. The summed E-state index contributed by atoms with van der Waals surface area (Å²) in [5.41, 5.74) is 0.760. The molecule has 0 radical (unpaired) electrons. The predicted molar refractivity (Wildman–Crippen MR) is 116 cm³/mol. The normalized spacial score (nSPS) is 12.6. The van der Waals surface area contributed by atoms with Gasteiger partial charge in [0, 0.05) is 23.8 Å². The first kappa shape index (κ1) is 21.2. The van der Waals surface area contributed by atoms with Crippen LogP contribution >= 0.6 is 22.7 Å². The van der Waals surface area contributed by atoms with Gasteiger partial charge in [-0.15, -0.1) is 22.7 Å². The first-order chi connectivity index (χ1) is 14.9. The number of nitrogens with zero attached hydrogens (tertiary/aromatic N) is 3. The minimum absolute atomic E-state index is 0.0146. The summed E-state index contributed by atoms with van der Waals surface area (Å²) in [6, 6.07) is 2.17. The molecule has 0 saturated carbocycles. The maximum absolute atomic E-state index is 13.1. The summed E-state index contributed by atoms with van der Waals surface area (Å²) in [5.74, 6) is -1.37.